The minimum Gasteiger partial charge on any atom is -0.348 e. The van der Waals surface area contributed by atoms with Crippen LogP contribution in [0.2, 0.25) is 0 Å². The average Bonchev–Trinajstić information content (AvgIpc) is 2.62. The van der Waals surface area contributed by atoms with Crippen LogP contribution in [0.4, 0.5) is 5.69 Å². The van der Waals surface area contributed by atoms with Crippen LogP contribution in [0, 0.1) is 0 Å². The molecule has 0 aromatic heterocycles. The lowest BCUT2D eigenvalue weighted by Crippen LogP contribution is -2.44. The SMILES string of the molecule is C[C@@H](C(=O)Nc1ccccc1-c1ccccc1)N(C)CC(=O)N(C)C. The van der Waals surface area contributed by atoms with Crippen LogP contribution >= 0.6 is 0 Å². The van der Waals surface area contributed by atoms with E-state index >= 15 is 0 Å². The number of amides is 2. The molecule has 0 saturated carbocycles. The number of para-hydroxylation sites is 1. The van der Waals surface area contributed by atoms with Gasteiger partial charge in [-0.05, 0) is 25.6 Å². The number of benzene rings is 2. The van der Waals surface area contributed by atoms with Crippen molar-refractivity contribution < 1.29 is 9.59 Å². The smallest absolute Gasteiger partial charge is 0.241 e. The lowest BCUT2D eigenvalue weighted by Gasteiger charge is -2.25. The van der Waals surface area contributed by atoms with E-state index in [1.165, 1.54) is 4.90 Å². The minimum absolute atomic E-state index is 0.0353. The van der Waals surface area contributed by atoms with Crippen LogP contribution in [0.15, 0.2) is 54.6 Å². The van der Waals surface area contributed by atoms with E-state index in [1.807, 2.05) is 54.6 Å². The van der Waals surface area contributed by atoms with Gasteiger partial charge in [0, 0.05) is 25.3 Å². The molecule has 0 radical (unpaired) electrons. The number of nitrogens with one attached hydrogen (secondary N) is 1. The third kappa shape index (κ3) is 4.90. The number of carbonyl (C=O) groups excluding carboxylic acids is 2. The molecule has 0 heterocycles. The summed E-state index contributed by atoms with van der Waals surface area (Å²) >= 11 is 0. The first-order chi connectivity index (χ1) is 11.9. The summed E-state index contributed by atoms with van der Waals surface area (Å²) < 4.78 is 0. The Balaban J connectivity index is 2.12. The van der Waals surface area contributed by atoms with Crippen molar-refractivity contribution in [3.63, 3.8) is 0 Å². The van der Waals surface area contributed by atoms with Crippen molar-refractivity contribution in [1.29, 1.82) is 0 Å². The fraction of sp³-hybridized carbons (Fsp3) is 0.300. The summed E-state index contributed by atoms with van der Waals surface area (Å²) in [6.07, 6.45) is 0. The molecular weight excluding hydrogens is 314 g/mol. The Morgan fingerprint density at radius 2 is 1.56 bits per heavy atom. The normalized spacial score (nSPS) is 11.9. The predicted octanol–water partition coefficient (Wildman–Crippen LogP) is 2.70. The molecule has 132 valence electrons. The van der Waals surface area contributed by atoms with Gasteiger partial charge in [0.05, 0.1) is 12.6 Å². The van der Waals surface area contributed by atoms with Gasteiger partial charge in [-0.3, -0.25) is 14.5 Å². The van der Waals surface area contributed by atoms with Crippen molar-refractivity contribution >= 4 is 17.5 Å². The Morgan fingerprint density at radius 1 is 0.960 bits per heavy atom. The maximum atomic E-state index is 12.6. The Labute approximate surface area is 149 Å². The molecule has 0 bridgehead atoms. The molecule has 2 amide bonds. The van der Waals surface area contributed by atoms with Crippen molar-refractivity contribution in [2.24, 2.45) is 0 Å². The molecule has 1 N–H and O–H groups in total. The van der Waals surface area contributed by atoms with Gasteiger partial charge in [-0.1, -0.05) is 48.5 Å². The zero-order valence-electron chi connectivity index (χ0n) is 15.2. The summed E-state index contributed by atoms with van der Waals surface area (Å²) in [6, 6.07) is 17.2. The summed E-state index contributed by atoms with van der Waals surface area (Å²) in [5.41, 5.74) is 2.77. The van der Waals surface area contributed by atoms with Gasteiger partial charge in [0.25, 0.3) is 0 Å². The van der Waals surface area contributed by atoms with Crippen LogP contribution in [0.5, 0.6) is 0 Å². The molecular formula is C20H25N3O2. The monoisotopic (exact) mass is 339 g/mol. The molecule has 0 aliphatic carbocycles. The summed E-state index contributed by atoms with van der Waals surface area (Å²) in [5.74, 6) is -0.177. The number of hydrogen-bond acceptors (Lipinski definition) is 3. The largest absolute Gasteiger partial charge is 0.348 e. The summed E-state index contributed by atoms with van der Waals surface area (Å²) in [6.45, 7) is 1.99. The van der Waals surface area contributed by atoms with Gasteiger partial charge >= 0.3 is 0 Å². The Morgan fingerprint density at radius 3 is 2.20 bits per heavy atom. The highest BCUT2D eigenvalue weighted by Gasteiger charge is 2.21. The topological polar surface area (TPSA) is 52.7 Å². The van der Waals surface area contributed by atoms with E-state index < -0.39 is 6.04 Å². The predicted molar refractivity (Wildman–Crippen MR) is 101 cm³/mol. The van der Waals surface area contributed by atoms with Gasteiger partial charge in [-0.25, -0.2) is 0 Å². The number of nitrogens with zero attached hydrogens (tertiary/aromatic N) is 2. The second-order valence-electron chi connectivity index (χ2n) is 6.28. The Kier molecular flexibility index (Phi) is 6.31. The fourth-order valence-electron chi connectivity index (χ4n) is 2.39. The van der Waals surface area contributed by atoms with E-state index in [2.05, 4.69) is 5.32 Å². The molecule has 25 heavy (non-hydrogen) atoms. The van der Waals surface area contributed by atoms with Crippen LogP contribution in [0.25, 0.3) is 11.1 Å². The first-order valence-corrected chi connectivity index (χ1v) is 8.26. The first kappa shape index (κ1) is 18.7. The van der Waals surface area contributed by atoms with Gasteiger partial charge in [0.2, 0.25) is 11.8 Å². The highest BCUT2D eigenvalue weighted by atomic mass is 16.2. The molecule has 2 aromatic carbocycles. The second kappa shape index (κ2) is 8.44. The van der Waals surface area contributed by atoms with Crippen LogP contribution in [-0.4, -0.2) is 55.3 Å². The maximum absolute atomic E-state index is 12.6. The van der Waals surface area contributed by atoms with Gasteiger partial charge < -0.3 is 10.2 Å². The number of likely N-dealkylation sites (N-methyl/N-ethyl adjacent to an activating group) is 2. The highest BCUT2D eigenvalue weighted by molar-refractivity contribution is 5.98. The Bertz CT molecular complexity index is 729. The van der Waals surface area contributed by atoms with Gasteiger partial charge in [-0.15, -0.1) is 0 Å². The van der Waals surface area contributed by atoms with Crippen LogP contribution in [0.1, 0.15) is 6.92 Å². The number of anilines is 1. The summed E-state index contributed by atoms with van der Waals surface area (Å²) in [5, 5.41) is 2.99. The van der Waals surface area contributed by atoms with E-state index in [0.29, 0.717) is 0 Å². The molecule has 0 unspecified atom stereocenters. The molecule has 5 heteroatoms. The molecule has 1 atom stereocenters. The molecule has 0 aliphatic heterocycles. The molecule has 0 fully saturated rings. The van der Waals surface area contributed by atoms with Crippen LogP contribution < -0.4 is 5.32 Å². The van der Waals surface area contributed by atoms with Gasteiger partial charge in [0.1, 0.15) is 0 Å². The second-order valence-corrected chi connectivity index (χ2v) is 6.28. The highest BCUT2D eigenvalue weighted by Crippen LogP contribution is 2.27. The molecule has 2 rings (SSSR count). The number of hydrogen-bond donors (Lipinski definition) is 1. The molecule has 0 aliphatic rings. The van der Waals surface area contributed by atoms with Crippen LogP contribution in [0.3, 0.4) is 0 Å². The standard InChI is InChI=1S/C20H25N3O2/c1-15(23(4)14-19(24)22(2)3)20(25)21-18-13-9-8-12-17(18)16-10-6-5-7-11-16/h5-13,15H,14H2,1-4H3,(H,21,25)/t15-/m0/s1. The quantitative estimate of drug-likeness (QED) is 0.880. The lowest BCUT2D eigenvalue weighted by molar-refractivity contribution is -0.131. The Hall–Kier alpha value is -2.66. The van der Waals surface area contributed by atoms with E-state index in [-0.39, 0.29) is 18.4 Å². The molecule has 2 aromatic rings. The average molecular weight is 339 g/mol. The van der Waals surface area contributed by atoms with E-state index in [4.69, 9.17) is 0 Å². The third-order valence-electron chi connectivity index (χ3n) is 4.19. The fourth-order valence-corrected chi connectivity index (χ4v) is 2.39. The van der Waals surface area contributed by atoms with Crippen molar-refractivity contribution in [1.82, 2.24) is 9.80 Å². The van der Waals surface area contributed by atoms with Crippen molar-refractivity contribution in [3.8, 4) is 11.1 Å². The van der Waals surface area contributed by atoms with Crippen molar-refractivity contribution in [3.05, 3.63) is 54.6 Å². The molecule has 0 saturated heterocycles. The number of carbonyl (C=O) groups is 2. The van der Waals surface area contributed by atoms with Gasteiger partial charge in [0.15, 0.2) is 0 Å². The van der Waals surface area contributed by atoms with E-state index in [0.717, 1.165) is 16.8 Å². The lowest BCUT2D eigenvalue weighted by atomic mass is 10.0. The van der Waals surface area contributed by atoms with Crippen molar-refractivity contribution in [2.75, 3.05) is 33.0 Å². The van der Waals surface area contributed by atoms with Crippen molar-refractivity contribution in [2.45, 2.75) is 13.0 Å². The van der Waals surface area contributed by atoms with Crippen LogP contribution in [-0.2, 0) is 9.59 Å². The van der Waals surface area contributed by atoms with E-state index in [9.17, 15) is 9.59 Å². The number of rotatable bonds is 6. The third-order valence-corrected chi connectivity index (χ3v) is 4.19. The van der Waals surface area contributed by atoms with E-state index in [1.54, 1.807) is 33.0 Å². The zero-order chi connectivity index (χ0) is 18.4. The zero-order valence-corrected chi connectivity index (χ0v) is 15.2. The summed E-state index contributed by atoms with van der Waals surface area (Å²) in [4.78, 5) is 27.7. The first-order valence-electron chi connectivity index (χ1n) is 8.26. The van der Waals surface area contributed by atoms with Gasteiger partial charge in [-0.2, -0.15) is 0 Å². The maximum Gasteiger partial charge on any atom is 0.241 e. The summed E-state index contributed by atoms with van der Waals surface area (Å²) in [7, 11) is 5.18. The molecule has 5 nitrogen and oxygen atoms in total. The minimum atomic E-state index is -0.423. The molecule has 0 spiro atoms.